The van der Waals surface area contributed by atoms with Gasteiger partial charge in [0, 0.05) is 56.9 Å². The Balaban J connectivity index is 1.43. The van der Waals surface area contributed by atoms with E-state index in [-0.39, 0.29) is 12.5 Å². The van der Waals surface area contributed by atoms with E-state index in [1.807, 2.05) is 29.2 Å². The standard InChI is InChI=1S/C21H26N6O2S/c1-3-4-15-5-6-17-20(23-15)30-21(24-17)25-18-13-16(7-8-22-18)26-9-11-27(12-10-26)19(28)14-29-2/h5-8,13H,3-4,9-12,14H2,1-2H3,(H,22,24,25). The zero-order valence-electron chi connectivity index (χ0n) is 17.3. The molecule has 1 aliphatic rings. The number of ether oxygens (including phenoxy) is 1. The Kier molecular flexibility index (Phi) is 6.39. The van der Waals surface area contributed by atoms with Gasteiger partial charge >= 0.3 is 0 Å². The predicted octanol–water partition coefficient (Wildman–Crippen LogP) is 3.08. The van der Waals surface area contributed by atoms with Crippen LogP contribution in [-0.2, 0) is 16.0 Å². The zero-order chi connectivity index (χ0) is 20.9. The molecular formula is C21H26N6O2S. The summed E-state index contributed by atoms with van der Waals surface area (Å²) in [6.07, 6.45) is 3.85. The van der Waals surface area contributed by atoms with Crippen molar-refractivity contribution in [2.24, 2.45) is 0 Å². The summed E-state index contributed by atoms with van der Waals surface area (Å²) in [6.45, 7) is 5.24. The lowest BCUT2D eigenvalue weighted by molar-refractivity contribution is -0.135. The molecule has 8 nitrogen and oxygen atoms in total. The molecule has 0 unspecified atom stereocenters. The van der Waals surface area contributed by atoms with Crippen molar-refractivity contribution < 1.29 is 9.53 Å². The normalized spacial score (nSPS) is 14.3. The van der Waals surface area contributed by atoms with Crippen LogP contribution in [0.5, 0.6) is 0 Å². The smallest absolute Gasteiger partial charge is 0.248 e. The van der Waals surface area contributed by atoms with Crippen LogP contribution >= 0.6 is 11.3 Å². The van der Waals surface area contributed by atoms with Gasteiger partial charge in [-0.1, -0.05) is 24.7 Å². The number of amides is 1. The topological polar surface area (TPSA) is 83.5 Å². The van der Waals surface area contributed by atoms with Crippen molar-refractivity contribution in [3.8, 4) is 0 Å². The fourth-order valence-electron chi connectivity index (χ4n) is 3.53. The number of methoxy groups -OCH3 is 1. The maximum Gasteiger partial charge on any atom is 0.248 e. The van der Waals surface area contributed by atoms with E-state index in [4.69, 9.17) is 9.72 Å². The average molecular weight is 427 g/mol. The van der Waals surface area contributed by atoms with E-state index in [1.54, 1.807) is 13.3 Å². The molecule has 4 rings (SSSR count). The number of thiazole rings is 1. The first-order valence-corrected chi connectivity index (χ1v) is 11.0. The SMILES string of the molecule is CCCc1ccc2nc(Nc3cc(N4CCN(C(=O)COC)CC4)ccn3)sc2n1. The molecule has 30 heavy (non-hydrogen) atoms. The average Bonchev–Trinajstić information content (AvgIpc) is 3.16. The van der Waals surface area contributed by atoms with Gasteiger partial charge in [-0.25, -0.2) is 15.0 Å². The number of hydrogen-bond donors (Lipinski definition) is 1. The van der Waals surface area contributed by atoms with Crippen LogP contribution in [0.4, 0.5) is 16.6 Å². The molecule has 1 N–H and O–H groups in total. The van der Waals surface area contributed by atoms with E-state index in [0.29, 0.717) is 13.1 Å². The first-order valence-electron chi connectivity index (χ1n) is 10.2. The number of pyridine rings is 2. The second kappa shape index (κ2) is 9.36. The van der Waals surface area contributed by atoms with Gasteiger partial charge < -0.3 is 19.9 Å². The number of nitrogens with zero attached hydrogens (tertiary/aromatic N) is 5. The lowest BCUT2D eigenvalue weighted by Gasteiger charge is -2.36. The number of nitrogens with one attached hydrogen (secondary N) is 1. The van der Waals surface area contributed by atoms with Gasteiger partial charge in [0.25, 0.3) is 0 Å². The highest BCUT2D eigenvalue weighted by Crippen LogP contribution is 2.28. The lowest BCUT2D eigenvalue weighted by atomic mass is 10.2. The molecule has 0 bridgehead atoms. The second-order valence-electron chi connectivity index (χ2n) is 7.22. The number of carbonyl (C=O) groups excluding carboxylic acids is 1. The van der Waals surface area contributed by atoms with E-state index < -0.39 is 0 Å². The van der Waals surface area contributed by atoms with Gasteiger partial charge in [0.1, 0.15) is 22.8 Å². The Labute approximate surface area is 179 Å². The van der Waals surface area contributed by atoms with Gasteiger partial charge in [-0.15, -0.1) is 0 Å². The van der Waals surface area contributed by atoms with Crippen LogP contribution < -0.4 is 10.2 Å². The zero-order valence-corrected chi connectivity index (χ0v) is 18.1. The quantitative estimate of drug-likeness (QED) is 0.622. The summed E-state index contributed by atoms with van der Waals surface area (Å²) < 4.78 is 4.95. The number of aromatic nitrogens is 3. The molecule has 0 radical (unpaired) electrons. The first-order chi connectivity index (χ1) is 14.7. The molecule has 1 fully saturated rings. The molecule has 9 heteroatoms. The maximum absolute atomic E-state index is 12.0. The summed E-state index contributed by atoms with van der Waals surface area (Å²) in [5, 5.41) is 4.10. The van der Waals surface area contributed by atoms with E-state index in [1.165, 1.54) is 11.3 Å². The molecule has 0 spiro atoms. The summed E-state index contributed by atoms with van der Waals surface area (Å²) in [5.74, 6) is 0.791. The largest absolute Gasteiger partial charge is 0.375 e. The number of hydrogen-bond acceptors (Lipinski definition) is 8. The maximum atomic E-state index is 12.0. The fraction of sp³-hybridized carbons (Fsp3) is 0.429. The lowest BCUT2D eigenvalue weighted by Crippen LogP contribution is -2.49. The Morgan fingerprint density at radius 1 is 1.20 bits per heavy atom. The number of aryl methyl sites for hydroxylation is 1. The summed E-state index contributed by atoms with van der Waals surface area (Å²) >= 11 is 1.54. The highest BCUT2D eigenvalue weighted by molar-refractivity contribution is 7.21. The molecule has 4 heterocycles. The van der Waals surface area contributed by atoms with Gasteiger partial charge in [0.15, 0.2) is 5.13 Å². The minimum atomic E-state index is 0.0424. The van der Waals surface area contributed by atoms with Gasteiger partial charge in [0.05, 0.1) is 0 Å². The van der Waals surface area contributed by atoms with Crippen molar-refractivity contribution in [1.82, 2.24) is 19.9 Å². The van der Waals surface area contributed by atoms with Crippen LogP contribution in [0, 0.1) is 0 Å². The van der Waals surface area contributed by atoms with Gasteiger partial charge in [-0.2, -0.15) is 0 Å². The van der Waals surface area contributed by atoms with Crippen LogP contribution in [-0.4, -0.2) is 65.7 Å². The van der Waals surface area contributed by atoms with Crippen LogP contribution in [0.3, 0.4) is 0 Å². The Morgan fingerprint density at radius 3 is 2.80 bits per heavy atom. The summed E-state index contributed by atoms with van der Waals surface area (Å²) in [6, 6.07) is 8.10. The molecule has 0 aromatic carbocycles. The number of fused-ring (bicyclic) bond motifs is 1. The first kappa shape index (κ1) is 20.5. The predicted molar refractivity (Wildman–Crippen MR) is 120 cm³/mol. The van der Waals surface area contributed by atoms with Gasteiger partial charge in [0.2, 0.25) is 5.91 Å². The molecule has 3 aromatic rings. The third-order valence-corrected chi connectivity index (χ3v) is 5.94. The van der Waals surface area contributed by atoms with E-state index in [0.717, 1.165) is 58.6 Å². The van der Waals surface area contributed by atoms with E-state index >= 15 is 0 Å². The number of rotatable bonds is 7. The van der Waals surface area contributed by atoms with Crippen molar-refractivity contribution in [3.05, 3.63) is 36.2 Å². The number of piperazine rings is 1. The summed E-state index contributed by atoms with van der Waals surface area (Å²) in [4.78, 5) is 30.8. The third kappa shape index (κ3) is 4.68. The minimum absolute atomic E-state index is 0.0424. The third-order valence-electron chi connectivity index (χ3n) is 5.06. The molecule has 0 aliphatic carbocycles. The van der Waals surface area contributed by atoms with Crippen LogP contribution in [0.1, 0.15) is 19.0 Å². The van der Waals surface area contributed by atoms with Crippen molar-refractivity contribution in [2.75, 3.05) is 50.1 Å². The van der Waals surface area contributed by atoms with E-state index in [9.17, 15) is 4.79 Å². The van der Waals surface area contributed by atoms with Crippen molar-refractivity contribution in [1.29, 1.82) is 0 Å². The highest BCUT2D eigenvalue weighted by atomic mass is 32.1. The highest BCUT2D eigenvalue weighted by Gasteiger charge is 2.21. The van der Waals surface area contributed by atoms with Crippen molar-refractivity contribution in [3.63, 3.8) is 0 Å². The molecule has 158 valence electrons. The summed E-state index contributed by atoms with van der Waals surface area (Å²) in [5.41, 5.74) is 3.08. The van der Waals surface area contributed by atoms with Crippen molar-refractivity contribution >= 4 is 44.2 Å². The monoisotopic (exact) mass is 426 g/mol. The van der Waals surface area contributed by atoms with Crippen molar-refractivity contribution in [2.45, 2.75) is 19.8 Å². The number of carbonyl (C=O) groups is 1. The molecule has 1 amide bonds. The molecule has 1 aliphatic heterocycles. The van der Waals surface area contributed by atoms with Gasteiger partial charge in [-0.3, -0.25) is 4.79 Å². The van der Waals surface area contributed by atoms with Crippen LogP contribution in [0.2, 0.25) is 0 Å². The molecule has 3 aromatic heterocycles. The molecule has 0 atom stereocenters. The van der Waals surface area contributed by atoms with Gasteiger partial charge in [-0.05, 0) is 24.6 Å². The number of anilines is 3. The molecule has 0 saturated carbocycles. The Morgan fingerprint density at radius 2 is 2.03 bits per heavy atom. The Bertz CT molecular complexity index is 1020. The second-order valence-corrected chi connectivity index (χ2v) is 8.20. The molecule has 1 saturated heterocycles. The Hall–Kier alpha value is -2.78. The van der Waals surface area contributed by atoms with Crippen LogP contribution in [0.25, 0.3) is 10.3 Å². The fourth-order valence-corrected chi connectivity index (χ4v) is 4.39. The molecular weight excluding hydrogens is 400 g/mol. The van der Waals surface area contributed by atoms with Crippen LogP contribution in [0.15, 0.2) is 30.5 Å². The minimum Gasteiger partial charge on any atom is -0.375 e. The van der Waals surface area contributed by atoms with E-state index in [2.05, 4.69) is 27.1 Å². The summed E-state index contributed by atoms with van der Waals surface area (Å²) in [7, 11) is 1.55.